The van der Waals surface area contributed by atoms with Gasteiger partial charge in [-0.25, -0.2) is 0 Å². The molecule has 0 fully saturated rings. The van der Waals surface area contributed by atoms with Gasteiger partial charge in [0, 0.05) is 0 Å². The number of hydrogen-bond acceptors (Lipinski definition) is 0. The molecule has 0 N–H and O–H groups in total. The highest BCUT2D eigenvalue weighted by Crippen LogP contribution is 2.32. The van der Waals surface area contributed by atoms with Gasteiger partial charge in [-0.2, -0.15) is 0 Å². The van der Waals surface area contributed by atoms with E-state index >= 15 is 0 Å². The number of rotatable bonds is 2. The van der Waals surface area contributed by atoms with Crippen LogP contribution in [0, 0.1) is 5.92 Å². The van der Waals surface area contributed by atoms with Gasteiger partial charge in [0.1, 0.15) is 0 Å². The Kier molecular flexibility index (Phi) is 2.75. The molecule has 0 saturated carbocycles. The fourth-order valence-electron chi connectivity index (χ4n) is 1.92. The van der Waals surface area contributed by atoms with Crippen molar-refractivity contribution in [3.8, 4) is 0 Å². The van der Waals surface area contributed by atoms with Gasteiger partial charge in [0.2, 0.25) is 0 Å². The third kappa shape index (κ3) is 1.84. The monoisotopic (exact) mass is 212 g/mol. The third-order valence-corrected chi connectivity index (χ3v) is 3.94. The zero-order valence-electron chi connectivity index (χ0n) is 10.6. The van der Waals surface area contributed by atoms with Gasteiger partial charge in [0.25, 0.3) is 0 Å². The van der Waals surface area contributed by atoms with Crippen molar-refractivity contribution in [3.05, 3.63) is 48.0 Å². The van der Waals surface area contributed by atoms with Crippen molar-refractivity contribution in [1.82, 2.24) is 0 Å². The zero-order valence-corrected chi connectivity index (χ0v) is 10.6. The molecule has 0 atom stereocenters. The molecule has 84 valence electrons. The fraction of sp³-hybridized carbons (Fsp3) is 0.375. The lowest BCUT2D eigenvalue weighted by atomic mass is 9.75. The van der Waals surface area contributed by atoms with Crippen LogP contribution in [0.5, 0.6) is 0 Å². The van der Waals surface area contributed by atoms with E-state index in [1.165, 1.54) is 16.3 Å². The second kappa shape index (κ2) is 3.93. The van der Waals surface area contributed by atoms with Crippen LogP contribution < -0.4 is 0 Å². The molecule has 0 heteroatoms. The van der Waals surface area contributed by atoms with Crippen LogP contribution >= 0.6 is 0 Å². The van der Waals surface area contributed by atoms with Crippen LogP contribution in [0.1, 0.15) is 33.3 Å². The van der Waals surface area contributed by atoms with Crippen molar-refractivity contribution in [1.29, 1.82) is 0 Å². The minimum Gasteiger partial charge on any atom is -0.0619 e. The number of benzene rings is 2. The summed E-state index contributed by atoms with van der Waals surface area (Å²) in [7, 11) is 0. The largest absolute Gasteiger partial charge is 0.0619 e. The Bertz CT molecular complexity index is 492. The fourth-order valence-corrected chi connectivity index (χ4v) is 1.92. The molecule has 16 heavy (non-hydrogen) atoms. The topological polar surface area (TPSA) is 0 Å². The predicted molar refractivity (Wildman–Crippen MR) is 71.8 cm³/mol. The van der Waals surface area contributed by atoms with E-state index in [4.69, 9.17) is 0 Å². The van der Waals surface area contributed by atoms with Crippen LogP contribution in [0.3, 0.4) is 0 Å². The molecular formula is C16H20. The molecule has 0 bridgehead atoms. The van der Waals surface area contributed by atoms with Crippen molar-refractivity contribution in [2.75, 3.05) is 0 Å². The van der Waals surface area contributed by atoms with Gasteiger partial charge in [-0.15, -0.1) is 0 Å². The number of fused-ring (bicyclic) bond motifs is 1. The first-order valence-electron chi connectivity index (χ1n) is 6.01. The molecule has 2 aromatic carbocycles. The maximum Gasteiger partial charge on any atom is -0.00803 e. The summed E-state index contributed by atoms with van der Waals surface area (Å²) in [5, 5.41) is 2.67. The summed E-state index contributed by atoms with van der Waals surface area (Å²) in [4.78, 5) is 0. The van der Waals surface area contributed by atoms with Crippen LogP contribution in [0.2, 0.25) is 0 Å². The lowest BCUT2D eigenvalue weighted by Gasteiger charge is -2.30. The van der Waals surface area contributed by atoms with Crippen LogP contribution in [0.4, 0.5) is 0 Å². The molecule has 0 heterocycles. The van der Waals surface area contributed by atoms with Crippen molar-refractivity contribution in [2.24, 2.45) is 5.92 Å². The molecule has 0 aliphatic rings. The molecule has 0 aliphatic carbocycles. The van der Waals surface area contributed by atoms with Gasteiger partial charge in [-0.1, -0.05) is 70.2 Å². The van der Waals surface area contributed by atoms with Crippen molar-refractivity contribution in [2.45, 2.75) is 33.1 Å². The van der Waals surface area contributed by atoms with Crippen molar-refractivity contribution >= 4 is 10.8 Å². The van der Waals surface area contributed by atoms with Crippen LogP contribution in [-0.4, -0.2) is 0 Å². The molecular weight excluding hydrogens is 192 g/mol. The van der Waals surface area contributed by atoms with Crippen LogP contribution in [-0.2, 0) is 5.41 Å². The van der Waals surface area contributed by atoms with E-state index in [0.717, 1.165) is 0 Å². The standard InChI is InChI=1S/C16H20/c1-12(2)16(3,4)15-10-9-13-7-5-6-8-14(13)11-15/h5-12H,1-4H3. The third-order valence-electron chi connectivity index (χ3n) is 3.94. The average molecular weight is 212 g/mol. The van der Waals surface area contributed by atoms with Crippen molar-refractivity contribution < 1.29 is 0 Å². The highest BCUT2D eigenvalue weighted by atomic mass is 14.3. The zero-order chi connectivity index (χ0) is 11.8. The SMILES string of the molecule is CC(C)C(C)(C)c1ccc2ccccc2c1. The summed E-state index contributed by atoms with van der Waals surface area (Å²) in [6, 6.07) is 15.4. The molecule has 0 aromatic heterocycles. The van der Waals surface area contributed by atoms with Gasteiger partial charge < -0.3 is 0 Å². The highest BCUT2D eigenvalue weighted by molar-refractivity contribution is 5.83. The maximum absolute atomic E-state index is 2.33. The second-order valence-electron chi connectivity index (χ2n) is 5.44. The van der Waals surface area contributed by atoms with E-state index < -0.39 is 0 Å². The average Bonchev–Trinajstić information content (AvgIpc) is 2.28. The van der Waals surface area contributed by atoms with Gasteiger partial charge in [-0.05, 0) is 27.7 Å². The Morgan fingerprint density at radius 3 is 2.12 bits per heavy atom. The molecule has 2 aromatic rings. The molecule has 0 amide bonds. The van der Waals surface area contributed by atoms with Gasteiger partial charge in [0.15, 0.2) is 0 Å². The normalized spacial score (nSPS) is 12.3. The van der Waals surface area contributed by atoms with Crippen LogP contribution in [0.15, 0.2) is 42.5 Å². The summed E-state index contributed by atoms with van der Waals surface area (Å²) in [5.41, 5.74) is 1.67. The van der Waals surface area contributed by atoms with E-state index in [2.05, 4.69) is 70.2 Å². The first kappa shape index (κ1) is 11.2. The van der Waals surface area contributed by atoms with E-state index in [1.807, 2.05) is 0 Å². The molecule has 0 saturated heterocycles. The summed E-state index contributed by atoms with van der Waals surface area (Å²) in [5.74, 6) is 0.647. The highest BCUT2D eigenvalue weighted by Gasteiger charge is 2.24. The van der Waals surface area contributed by atoms with Crippen molar-refractivity contribution in [3.63, 3.8) is 0 Å². The summed E-state index contributed by atoms with van der Waals surface area (Å²) in [6.07, 6.45) is 0. The summed E-state index contributed by atoms with van der Waals surface area (Å²) in [6.45, 7) is 9.22. The van der Waals surface area contributed by atoms with E-state index in [-0.39, 0.29) is 5.41 Å². The Balaban J connectivity index is 2.55. The Morgan fingerprint density at radius 1 is 0.875 bits per heavy atom. The summed E-state index contributed by atoms with van der Waals surface area (Å²) < 4.78 is 0. The summed E-state index contributed by atoms with van der Waals surface area (Å²) >= 11 is 0. The number of hydrogen-bond donors (Lipinski definition) is 0. The lowest BCUT2D eigenvalue weighted by Crippen LogP contribution is -2.24. The Labute approximate surface area is 98.3 Å². The molecule has 0 spiro atoms. The van der Waals surface area contributed by atoms with E-state index in [9.17, 15) is 0 Å². The molecule has 0 unspecified atom stereocenters. The first-order valence-corrected chi connectivity index (χ1v) is 6.01. The molecule has 0 radical (unpaired) electrons. The minimum atomic E-state index is 0.240. The second-order valence-corrected chi connectivity index (χ2v) is 5.44. The first-order chi connectivity index (χ1) is 7.51. The molecule has 2 rings (SSSR count). The smallest absolute Gasteiger partial charge is 0.00803 e. The van der Waals surface area contributed by atoms with Gasteiger partial charge in [-0.3, -0.25) is 0 Å². The maximum atomic E-state index is 2.33. The van der Waals surface area contributed by atoms with E-state index in [1.54, 1.807) is 0 Å². The molecule has 0 nitrogen and oxygen atoms in total. The quantitative estimate of drug-likeness (QED) is 0.672. The van der Waals surface area contributed by atoms with Gasteiger partial charge >= 0.3 is 0 Å². The molecule has 0 aliphatic heterocycles. The lowest BCUT2D eigenvalue weighted by molar-refractivity contribution is 0.372. The predicted octanol–water partition coefficient (Wildman–Crippen LogP) is 4.77. The Hall–Kier alpha value is -1.30. The minimum absolute atomic E-state index is 0.240. The van der Waals surface area contributed by atoms with Crippen LogP contribution in [0.25, 0.3) is 10.8 Å². The van der Waals surface area contributed by atoms with Gasteiger partial charge in [0.05, 0.1) is 0 Å². The Morgan fingerprint density at radius 2 is 1.50 bits per heavy atom. The van der Waals surface area contributed by atoms with E-state index in [0.29, 0.717) is 5.92 Å².